The molecule has 0 N–H and O–H groups in total. The molecule has 0 saturated heterocycles. The van der Waals surface area contributed by atoms with Crippen LogP contribution < -0.4 is 4.74 Å². The second kappa shape index (κ2) is 2.88. The van der Waals surface area contributed by atoms with Crippen LogP contribution >= 0.6 is 0 Å². The zero-order valence-electron chi connectivity index (χ0n) is 9.75. The monoisotopic (exact) mass is 216 g/mol. The van der Waals surface area contributed by atoms with Gasteiger partial charge in [0.2, 0.25) is 0 Å². The van der Waals surface area contributed by atoms with Crippen molar-refractivity contribution in [2.45, 2.75) is 31.6 Å². The first kappa shape index (κ1) is 9.88. The minimum atomic E-state index is 0.0800. The maximum Gasteiger partial charge on any atom is 0.134 e. The zero-order valence-corrected chi connectivity index (χ0v) is 9.75. The summed E-state index contributed by atoms with van der Waals surface area (Å²) in [5.74, 6) is 1.33. The SMILES string of the molecule is COc1ccccc1C12CC(=O)CC1(C)C2. The van der Waals surface area contributed by atoms with Crippen LogP contribution in [0.25, 0.3) is 0 Å². The van der Waals surface area contributed by atoms with Gasteiger partial charge in [0, 0.05) is 23.8 Å². The molecule has 0 radical (unpaired) electrons. The molecule has 0 heterocycles. The van der Waals surface area contributed by atoms with Crippen molar-refractivity contribution >= 4 is 5.78 Å². The molecular formula is C14H16O2. The number of ketones is 1. The molecule has 2 aliphatic carbocycles. The Balaban J connectivity index is 2.09. The normalized spacial score (nSPS) is 36.0. The Bertz CT molecular complexity index is 466. The van der Waals surface area contributed by atoms with Crippen molar-refractivity contribution in [3.8, 4) is 5.75 Å². The maximum absolute atomic E-state index is 11.6. The van der Waals surface area contributed by atoms with E-state index in [-0.39, 0.29) is 10.8 Å². The van der Waals surface area contributed by atoms with Crippen LogP contribution in [-0.4, -0.2) is 12.9 Å². The summed E-state index contributed by atoms with van der Waals surface area (Å²) in [4.78, 5) is 11.6. The van der Waals surface area contributed by atoms with Crippen LogP contribution in [0.3, 0.4) is 0 Å². The largest absolute Gasteiger partial charge is 0.496 e. The molecule has 2 aliphatic rings. The molecule has 0 spiro atoms. The predicted octanol–water partition coefficient (Wildman–Crippen LogP) is 2.71. The highest BCUT2D eigenvalue weighted by Gasteiger charge is 2.70. The molecule has 3 rings (SSSR count). The first-order valence-corrected chi connectivity index (χ1v) is 5.77. The van der Waals surface area contributed by atoms with Gasteiger partial charge in [0.25, 0.3) is 0 Å². The van der Waals surface area contributed by atoms with E-state index in [2.05, 4.69) is 13.0 Å². The second-order valence-corrected chi connectivity index (χ2v) is 5.41. The second-order valence-electron chi connectivity index (χ2n) is 5.41. The van der Waals surface area contributed by atoms with E-state index in [1.54, 1.807) is 7.11 Å². The molecule has 0 aromatic heterocycles. The van der Waals surface area contributed by atoms with Gasteiger partial charge in [-0.3, -0.25) is 4.79 Å². The highest BCUT2D eigenvalue weighted by Crippen LogP contribution is 2.73. The third-order valence-corrected chi connectivity index (χ3v) is 4.43. The van der Waals surface area contributed by atoms with E-state index in [1.165, 1.54) is 5.56 Å². The molecule has 2 nitrogen and oxygen atoms in total. The molecule has 2 unspecified atom stereocenters. The Morgan fingerprint density at radius 1 is 1.25 bits per heavy atom. The smallest absolute Gasteiger partial charge is 0.134 e. The predicted molar refractivity (Wildman–Crippen MR) is 61.6 cm³/mol. The first-order valence-electron chi connectivity index (χ1n) is 5.77. The van der Waals surface area contributed by atoms with Gasteiger partial charge in [0.1, 0.15) is 11.5 Å². The third-order valence-electron chi connectivity index (χ3n) is 4.43. The lowest BCUT2D eigenvalue weighted by molar-refractivity contribution is -0.118. The summed E-state index contributed by atoms with van der Waals surface area (Å²) in [6.07, 6.45) is 2.57. The van der Waals surface area contributed by atoms with Crippen LogP contribution in [0.5, 0.6) is 5.75 Å². The van der Waals surface area contributed by atoms with E-state index in [1.807, 2.05) is 18.2 Å². The number of Topliss-reactive ketones (excluding diaryl/α,β-unsaturated/α-hetero) is 1. The van der Waals surface area contributed by atoms with Crippen molar-refractivity contribution < 1.29 is 9.53 Å². The fraction of sp³-hybridized carbons (Fsp3) is 0.500. The van der Waals surface area contributed by atoms with Crippen molar-refractivity contribution in [2.24, 2.45) is 5.41 Å². The number of hydrogen-bond donors (Lipinski definition) is 0. The number of para-hydroxylation sites is 1. The van der Waals surface area contributed by atoms with Gasteiger partial charge in [-0.25, -0.2) is 0 Å². The Kier molecular flexibility index (Phi) is 1.78. The lowest BCUT2D eigenvalue weighted by Crippen LogP contribution is -2.11. The quantitative estimate of drug-likeness (QED) is 0.759. The minimum Gasteiger partial charge on any atom is -0.496 e. The summed E-state index contributed by atoms with van der Waals surface area (Å²) in [6, 6.07) is 8.12. The first-order chi connectivity index (χ1) is 7.61. The number of ether oxygens (including phenoxy) is 1. The number of hydrogen-bond acceptors (Lipinski definition) is 2. The van der Waals surface area contributed by atoms with E-state index in [0.717, 1.165) is 18.6 Å². The number of carbonyl (C=O) groups excluding carboxylic acids is 1. The van der Waals surface area contributed by atoms with Crippen molar-refractivity contribution in [1.82, 2.24) is 0 Å². The average Bonchev–Trinajstić information content (AvgIpc) is 2.74. The molecule has 0 bridgehead atoms. The number of rotatable bonds is 2. The van der Waals surface area contributed by atoms with Crippen molar-refractivity contribution in [3.63, 3.8) is 0 Å². The Morgan fingerprint density at radius 3 is 2.62 bits per heavy atom. The number of methoxy groups -OCH3 is 1. The van der Waals surface area contributed by atoms with Crippen LogP contribution in [0.1, 0.15) is 31.7 Å². The minimum absolute atomic E-state index is 0.0800. The Morgan fingerprint density at radius 2 is 2.00 bits per heavy atom. The molecule has 1 aromatic carbocycles. The van der Waals surface area contributed by atoms with Gasteiger partial charge < -0.3 is 4.74 Å². The molecule has 2 atom stereocenters. The Hall–Kier alpha value is -1.31. The number of benzene rings is 1. The van der Waals surface area contributed by atoms with E-state index in [9.17, 15) is 4.79 Å². The fourth-order valence-electron chi connectivity index (χ4n) is 3.52. The number of fused-ring (bicyclic) bond motifs is 1. The lowest BCUT2D eigenvalue weighted by atomic mass is 9.89. The van der Waals surface area contributed by atoms with Crippen molar-refractivity contribution in [2.75, 3.05) is 7.11 Å². The summed E-state index contributed by atoms with van der Waals surface area (Å²) in [7, 11) is 1.70. The van der Waals surface area contributed by atoms with Crippen LogP contribution in [0.2, 0.25) is 0 Å². The lowest BCUT2D eigenvalue weighted by Gasteiger charge is -2.17. The molecular weight excluding hydrogens is 200 g/mol. The molecule has 2 heteroatoms. The molecule has 1 aromatic rings. The van der Waals surface area contributed by atoms with Gasteiger partial charge in [-0.1, -0.05) is 25.1 Å². The van der Waals surface area contributed by atoms with Gasteiger partial charge in [0.05, 0.1) is 7.11 Å². The summed E-state index contributed by atoms with van der Waals surface area (Å²) in [5, 5.41) is 0. The fourth-order valence-corrected chi connectivity index (χ4v) is 3.52. The van der Waals surface area contributed by atoms with Crippen molar-refractivity contribution in [1.29, 1.82) is 0 Å². The molecule has 0 aliphatic heterocycles. The molecule has 0 amide bonds. The molecule has 2 fully saturated rings. The van der Waals surface area contributed by atoms with Gasteiger partial charge in [0.15, 0.2) is 0 Å². The van der Waals surface area contributed by atoms with Crippen LogP contribution in [0.15, 0.2) is 24.3 Å². The van der Waals surface area contributed by atoms with Crippen LogP contribution in [0, 0.1) is 5.41 Å². The third kappa shape index (κ3) is 1.05. The maximum atomic E-state index is 11.6. The molecule has 16 heavy (non-hydrogen) atoms. The summed E-state index contributed by atoms with van der Waals surface area (Å²) in [6.45, 7) is 2.23. The molecule has 2 saturated carbocycles. The van der Waals surface area contributed by atoms with E-state index < -0.39 is 0 Å². The molecule has 84 valence electrons. The highest BCUT2D eigenvalue weighted by molar-refractivity contribution is 5.87. The van der Waals surface area contributed by atoms with E-state index in [0.29, 0.717) is 12.2 Å². The summed E-state index contributed by atoms with van der Waals surface area (Å²) < 4.78 is 5.42. The van der Waals surface area contributed by atoms with Gasteiger partial charge >= 0.3 is 0 Å². The topological polar surface area (TPSA) is 26.3 Å². The number of carbonyl (C=O) groups is 1. The van der Waals surface area contributed by atoms with Gasteiger partial charge in [-0.15, -0.1) is 0 Å². The van der Waals surface area contributed by atoms with Gasteiger partial charge in [-0.05, 0) is 17.9 Å². The average molecular weight is 216 g/mol. The standard InChI is InChI=1S/C14H16O2/c1-13-7-10(15)8-14(13,9-13)11-5-3-4-6-12(11)16-2/h3-6H,7-9H2,1-2H3. The van der Waals surface area contributed by atoms with Crippen molar-refractivity contribution in [3.05, 3.63) is 29.8 Å². The van der Waals surface area contributed by atoms with Crippen LogP contribution in [0.4, 0.5) is 0 Å². The van der Waals surface area contributed by atoms with Gasteiger partial charge in [-0.2, -0.15) is 0 Å². The Labute approximate surface area is 95.6 Å². The van der Waals surface area contributed by atoms with E-state index >= 15 is 0 Å². The van der Waals surface area contributed by atoms with Crippen LogP contribution in [-0.2, 0) is 10.2 Å². The summed E-state index contributed by atoms with van der Waals surface area (Å²) in [5.41, 5.74) is 1.50. The summed E-state index contributed by atoms with van der Waals surface area (Å²) >= 11 is 0. The highest BCUT2D eigenvalue weighted by atomic mass is 16.5. The zero-order chi connectivity index (χ0) is 11.4. The van der Waals surface area contributed by atoms with E-state index in [4.69, 9.17) is 4.74 Å².